The Morgan fingerprint density at radius 1 is 1.16 bits per heavy atom. The van der Waals surface area contributed by atoms with Crippen molar-refractivity contribution in [2.24, 2.45) is 5.41 Å². The highest BCUT2D eigenvalue weighted by Crippen LogP contribution is 2.40. The molecule has 1 saturated carbocycles. The zero-order valence-electron chi connectivity index (χ0n) is 12.2. The van der Waals surface area contributed by atoms with Gasteiger partial charge in [0.25, 0.3) is 0 Å². The van der Waals surface area contributed by atoms with E-state index in [0.717, 1.165) is 18.6 Å². The molecule has 1 aliphatic carbocycles. The van der Waals surface area contributed by atoms with Crippen molar-refractivity contribution in [3.05, 3.63) is 29.8 Å². The molecule has 1 aromatic rings. The molecule has 1 unspecified atom stereocenters. The van der Waals surface area contributed by atoms with Gasteiger partial charge >= 0.3 is 0 Å². The lowest BCUT2D eigenvalue weighted by molar-refractivity contribution is 0.00455. The van der Waals surface area contributed by atoms with Crippen LogP contribution in [-0.4, -0.2) is 18.3 Å². The average molecular weight is 262 g/mol. The first-order chi connectivity index (χ1) is 9.14. The second kappa shape index (κ2) is 6.42. The maximum absolute atomic E-state index is 10.5. The fourth-order valence-electron chi connectivity index (χ4n) is 3.14. The van der Waals surface area contributed by atoms with Crippen LogP contribution in [0.25, 0.3) is 0 Å². The first kappa shape index (κ1) is 14.4. The number of aliphatic hydroxyl groups excluding tert-OH is 1. The molecule has 0 radical (unpaired) electrons. The minimum atomic E-state index is -0.171. The fourth-order valence-corrected chi connectivity index (χ4v) is 3.14. The second-order valence-corrected chi connectivity index (χ2v) is 6.12. The molecular formula is C17H26O2. The molecule has 19 heavy (non-hydrogen) atoms. The van der Waals surface area contributed by atoms with Gasteiger partial charge in [-0.15, -0.1) is 0 Å². The highest BCUT2D eigenvalue weighted by Gasteiger charge is 2.33. The van der Waals surface area contributed by atoms with Crippen molar-refractivity contribution in [3.8, 4) is 5.75 Å². The molecule has 0 spiro atoms. The van der Waals surface area contributed by atoms with E-state index < -0.39 is 0 Å². The second-order valence-electron chi connectivity index (χ2n) is 6.12. The number of hydrogen-bond donors (Lipinski definition) is 1. The molecule has 0 bridgehead atoms. The summed E-state index contributed by atoms with van der Waals surface area (Å²) >= 11 is 0. The van der Waals surface area contributed by atoms with E-state index in [1.165, 1.54) is 37.7 Å². The van der Waals surface area contributed by atoms with Gasteiger partial charge in [0.15, 0.2) is 0 Å². The van der Waals surface area contributed by atoms with Crippen LogP contribution in [0.2, 0.25) is 0 Å². The zero-order valence-corrected chi connectivity index (χ0v) is 12.2. The minimum absolute atomic E-state index is 0.144. The third-order valence-electron chi connectivity index (χ3n) is 4.67. The van der Waals surface area contributed by atoms with E-state index >= 15 is 0 Å². The lowest BCUT2D eigenvalue weighted by Crippen LogP contribution is -2.34. The number of hydrogen-bond acceptors (Lipinski definition) is 2. The molecule has 1 N–H and O–H groups in total. The number of aryl methyl sites for hydroxylation is 1. The van der Waals surface area contributed by atoms with Crippen LogP contribution < -0.4 is 4.74 Å². The van der Waals surface area contributed by atoms with Crippen molar-refractivity contribution in [2.75, 3.05) is 7.11 Å². The molecule has 0 aromatic heterocycles. The smallest absolute Gasteiger partial charge is 0.118 e. The normalized spacial score (nSPS) is 19.9. The van der Waals surface area contributed by atoms with Crippen LogP contribution in [0.3, 0.4) is 0 Å². The Labute approximate surface area is 116 Å². The molecule has 2 heteroatoms. The Hall–Kier alpha value is -1.02. The summed E-state index contributed by atoms with van der Waals surface area (Å²) in [5.41, 5.74) is 1.42. The Balaban J connectivity index is 1.86. The van der Waals surface area contributed by atoms with Crippen molar-refractivity contribution in [2.45, 2.75) is 58.0 Å². The molecule has 1 atom stereocenters. The zero-order chi connectivity index (χ0) is 13.7. The van der Waals surface area contributed by atoms with Gasteiger partial charge in [-0.05, 0) is 48.8 Å². The first-order valence-corrected chi connectivity index (χ1v) is 7.45. The summed E-state index contributed by atoms with van der Waals surface area (Å²) in [5, 5.41) is 10.5. The maximum Gasteiger partial charge on any atom is 0.118 e. The summed E-state index contributed by atoms with van der Waals surface area (Å²) in [6.45, 7) is 2.25. The molecule has 106 valence electrons. The van der Waals surface area contributed by atoms with E-state index in [9.17, 15) is 5.11 Å². The lowest BCUT2D eigenvalue weighted by Gasteiger charge is -2.38. The van der Waals surface area contributed by atoms with E-state index in [1.807, 2.05) is 12.1 Å². The number of methoxy groups -OCH3 is 1. The number of ether oxygens (including phenoxy) is 1. The van der Waals surface area contributed by atoms with Crippen LogP contribution in [0.1, 0.15) is 51.0 Å². The average Bonchev–Trinajstić information content (AvgIpc) is 2.46. The quantitative estimate of drug-likeness (QED) is 0.870. The van der Waals surface area contributed by atoms with Gasteiger partial charge < -0.3 is 9.84 Å². The van der Waals surface area contributed by atoms with Crippen molar-refractivity contribution in [1.82, 2.24) is 0 Å². The lowest BCUT2D eigenvalue weighted by atomic mass is 9.70. The minimum Gasteiger partial charge on any atom is -0.497 e. The van der Waals surface area contributed by atoms with Gasteiger partial charge in [-0.1, -0.05) is 38.3 Å². The molecule has 2 rings (SSSR count). The van der Waals surface area contributed by atoms with Crippen molar-refractivity contribution < 1.29 is 9.84 Å². The Morgan fingerprint density at radius 2 is 1.79 bits per heavy atom. The summed E-state index contributed by atoms with van der Waals surface area (Å²) in [6, 6.07) is 8.16. The van der Waals surface area contributed by atoms with Crippen LogP contribution in [-0.2, 0) is 6.42 Å². The Morgan fingerprint density at radius 3 is 2.37 bits per heavy atom. The summed E-state index contributed by atoms with van der Waals surface area (Å²) in [6.07, 6.45) is 7.87. The van der Waals surface area contributed by atoms with Gasteiger partial charge in [-0.25, -0.2) is 0 Å². The number of aliphatic hydroxyl groups is 1. The molecule has 1 fully saturated rings. The first-order valence-electron chi connectivity index (χ1n) is 7.45. The molecule has 0 amide bonds. The summed E-state index contributed by atoms with van der Waals surface area (Å²) in [7, 11) is 1.68. The third kappa shape index (κ3) is 3.73. The monoisotopic (exact) mass is 262 g/mol. The molecule has 1 aromatic carbocycles. The van der Waals surface area contributed by atoms with Crippen LogP contribution in [0.15, 0.2) is 24.3 Å². The van der Waals surface area contributed by atoms with Crippen molar-refractivity contribution in [1.29, 1.82) is 0 Å². The molecular weight excluding hydrogens is 236 g/mol. The van der Waals surface area contributed by atoms with Gasteiger partial charge in [0.05, 0.1) is 13.2 Å². The van der Waals surface area contributed by atoms with Crippen molar-refractivity contribution >= 4 is 0 Å². The molecule has 0 heterocycles. The van der Waals surface area contributed by atoms with Crippen LogP contribution in [0.5, 0.6) is 5.75 Å². The van der Waals surface area contributed by atoms with Crippen LogP contribution in [0, 0.1) is 5.41 Å². The van der Waals surface area contributed by atoms with E-state index in [1.54, 1.807) is 7.11 Å². The van der Waals surface area contributed by atoms with Crippen LogP contribution >= 0.6 is 0 Å². The highest BCUT2D eigenvalue weighted by molar-refractivity contribution is 5.27. The maximum atomic E-state index is 10.5. The van der Waals surface area contributed by atoms with E-state index in [4.69, 9.17) is 4.74 Å². The van der Waals surface area contributed by atoms with Crippen molar-refractivity contribution in [3.63, 3.8) is 0 Å². The Kier molecular flexibility index (Phi) is 4.87. The fraction of sp³-hybridized carbons (Fsp3) is 0.647. The largest absolute Gasteiger partial charge is 0.497 e. The molecule has 0 aliphatic heterocycles. The predicted molar refractivity (Wildman–Crippen MR) is 78.5 cm³/mol. The third-order valence-corrected chi connectivity index (χ3v) is 4.67. The summed E-state index contributed by atoms with van der Waals surface area (Å²) in [4.78, 5) is 0. The molecule has 0 saturated heterocycles. The topological polar surface area (TPSA) is 29.5 Å². The predicted octanol–water partition coefficient (Wildman–Crippen LogP) is 3.96. The standard InChI is InChI=1S/C17H26O2/c1-17(12-4-3-5-13-17)16(18)11-8-14-6-9-15(19-2)10-7-14/h6-7,9-10,16,18H,3-5,8,11-13H2,1-2H3. The Bertz CT molecular complexity index is 377. The van der Waals surface area contributed by atoms with Gasteiger partial charge in [0, 0.05) is 0 Å². The highest BCUT2D eigenvalue weighted by atomic mass is 16.5. The van der Waals surface area contributed by atoms with E-state index in [-0.39, 0.29) is 11.5 Å². The molecule has 1 aliphatic rings. The molecule has 2 nitrogen and oxygen atoms in total. The summed E-state index contributed by atoms with van der Waals surface area (Å²) < 4.78 is 5.16. The van der Waals surface area contributed by atoms with Gasteiger partial charge in [-0.2, -0.15) is 0 Å². The number of rotatable bonds is 5. The van der Waals surface area contributed by atoms with Gasteiger partial charge in [0.1, 0.15) is 5.75 Å². The summed E-state index contributed by atoms with van der Waals surface area (Å²) in [5.74, 6) is 0.892. The van der Waals surface area contributed by atoms with Crippen LogP contribution in [0.4, 0.5) is 0 Å². The number of benzene rings is 1. The SMILES string of the molecule is COc1ccc(CCC(O)C2(C)CCCCC2)cc1. The van der Waals surface area contributed by atoms with E-state index in [2.05, 4.69) is 19.1 Å². The van der Waals surface area contributed by atoms with E-state index in [0.29, 0.717) is 0 Å². The van der Waals surface area contributed by atoms with Gasteiger partial charge in [-0.3, -0.25) is 0 Å². The van der Waals surface area contributed by atoms with Gasteiger partial charge in [0.2, 0.25) is 0 Å².